The van der Waals surface area contributed by atoms with Crippen LogP contribution in [-0.2, 0) is 11.8 Å². The van der Waals surface area contributed by atoms with E-state index < -0.39 is 0 Å². The molecule has 0 radical (unpaired) electrons. The van der Waals surface area contributed by atoms with Crippen LogP contribution in [0.2, 0.25) is 0 Å². The van der Waals surface area contributed by atoms with Gasteiger partial charge in [-0.1, -0.05) is 57.5 Å². The highest BCUT2D eigenvalue weighted by Crippen LogP contribution is 2.72. The molecule has 34 heavy (non-hydrogen) atoms. The molecule has 2 heteroatoms. The highest BCUT2D eigenvalue weighted by atomic mass is 32.1. The van der Waals surface area contributed by atoms with Crippen molar-refractivity contribution in [3.8, 4) is 0 Å². The molecule has 0 aromatic heterocycles. The molecule has 0 saturated heterocycles. The SMILES string of the molecule is CCC(C)(C)c1ccc2c(c1)CC1=C2CCC2=C1C1=CC(C(C)(C)S)=CC(C)N1C1(C)CC21C. The first kappa shape index (κ1) is 22.8. The second kappa shape index (κ2) is 6.75. The van der Waals surface area contributed by atoms with Crippen LogP contribution < -0.4 is 0 Å². The number of thiol groups is 1. The van der Waals surface area contributed by atoms with Crippen LogP contribution in [0.5, 0.6) is 0 Å². The van der Waals surface area contributed by atoms with E-state index in [1.807, 2.05) is 0 Å². The Morgan fingerprint density at radius 1 is 1.09 bits per heavy atom. The maximum atomic E-state index is 4.99. The molecule has 5 aliphatic rings. The van der Waals surface area contributed by atoms with Gasteiger partial charge in [-0.2, -0.15) is 12.6 Å². The molecule has 1 nitrogen and oxygen atoms in total. The van der Waals surface area contributed by atoms with Gasteiger partial charge in [-0.15, -0.1) is 0 Å². The van der Waals surface area contributed by atoms with Gasteiger partial charge in [-0.25, -0.2) is 0 Å². The number of hydrogen-bond donors (Lipinski definition) is 1. The lowest BCUT2D eigenvalue weighted by Crippen LogP contribution is -2.49. The molecule has 2 heterocycles. The lowest BCUT2D eigenvalue weighted by molar-refractivity contribution is 0.173. The minimum absolute atomic E-state index is 0.134. The number of fused-ring (bicyclic) bond motifs is 8. The standard InChI is InChI=1S/C32H41NS/c1-9-29(3,4)21-10-11-23-20(15-21)16-25-24(23)12-13-26-28(25)27-17-22(30(5,6)34)14-19(2)33(27)32(8)18-31(26,32)7/h10-11,14-15,17,19,34H,9,12-13,16,18H2,1-8H3. The van der Waals surface area contributed by atoms with Crippen molar-refractivity contribution in [1.82, 2.24) is 4.90 Å². The van der Waals surface area contributed by atoms with Crippen molar-refractivity contribution < 1.29 is 0 Å². The van der Waals surface area contributed by atoms with Gasteiger partial charge in [0.05, 0.1) is 0 Å². The lowest BCUT2D eigenvalue weighted by Gasteiger charge is -2.50. The fourth-order valence-corrected chi connectivity index (χ4v) is 7.74. The smallest absolute Gasteiger partial charge is 0.0481 e. The summed E-state index contributed by atoms with van der Waals surface area (Å²) in [6.07, 6.45) is 10.9. The molecular formula is C32H41NS. The van der Waals surface area contributed by atoms with Crippen LogP contribution in [0.1, 0.15) is 97.8 Å². The van der Waals surface area contributed by atoms with E-state index in [2.05, 4.69) is 90.6 Å². The minimum Gasteiger partial charge on any atom is -0.359 e. The van der Waals surface area contributed by atoms with Crippen LogP contribution in [0.15, 0.2) is 58.3 Å². The number of hydrogen-bond acceptors (Lipinski definition) is 2. The molecule has 6 rings (SSSR count). The van der Waals surface area contributed by atoms with E-state index in [-0.39, 0.29) is 15.7 Å². The topological polar surface area (TPSA) is 3.24 Å². The third-order valence-corrected chi connectivity index (χ3v) is 10.6. The first-order valence-corrected chi connectivity index (χ1v) is 13.8. The summed E-state index contributed by atoms with van der Waals surface area (Å²) in [6, 6.07) is 7.77. The van der Waals surface area contributed by atoms with Gasteiger partial charge in [0, 0.05) is 33.0 Å². The second-order valence-electron chi connectivity index (χ2n) is 13.2. The summed E-state index contributed by atoms with van der Waals surface area (Å²) in [5, 5.41) is 0. The highest BCUT2D eigenvalue weighted by Gasteiger charge is 2.70. The summed E-state index contributed by atoms with van der Waals surface area (Å²) >= 11 is 4.99. The van der Waals surface area contributed by atoms with Gasteiger partial charge in [-0.05, 0) is 105 Å². The fourth-order valence-electron chi connectivity index (χ4n) is 7.60. The van der Waals surface area contributed by atoms with E-state index in [9.17, 15) is 0 Å². The van der Waals surface area contributed by atoms with Gasteiger partial charge < -0.3 is 4.90 Å². The molecular weight excluding hydrogens is 430 g/mol. The third-order valence-electron chi connectivity index (χ3n) is 10.4. The maximum absolute atomic E-state index is 4.99. The number of benzene rings is 1. The van der Waals surface area contributed by atoms with E-state index in [4.69, 9.17) is 12.6 Å². The fraction of sp³-hybridized carbons (Fsp3) is 0.562. The molecule has 1 aromatic carbocycles. The molecule has 1 fully saturated rings. The van der Waals surface area contributed by atoms with Gasteiger partial charge in [0.25, 0.3) is 0 Å². The molecule has 180 valence electrons. The Labute approximate surface area is 212 Å². The van der Waals surface area contributed by atoms with Gasteiger partial charge in [0.15, 0.2) is 0 Å². The van der Waals surface area contributed by atoms with Crippen LogP contribution >= 0.6 is 12.6 Å². The quantitative estimate of drug-likeness (QED) is 0.435. The molecule has 3 aliphatic carbocycles. The van der Waals surface area contributed by atoms with Crippen molar-refractivity contribution in [2.24, 2.45) is 5.41 Å². The molecule has 0 spiro atoms. The van der Waals surface area contributed by atoms with E-state index >= 15 is 0 Å². The Balaban J connectivity index is 1.51. The van der Waals surface area contributed by atoms with Crippen molar-refractivity contribution in [2.75, 3.05) is 0 Å². The minimum atomic E-state index is -0.134. The maximum Gasteiger partial charge on any atom is 0.0481 e. The molecule has 1 aromatic rings. The average molecular weight is 472 g/mol. The summed E-state index contributed by atoms with van der Waals surface area (Å²) < 4.78 is -0.134. The first-order valence-electron chi connectivity index (χ1n) is 13.4. The van der Waals surface area contributed by atoms with Crippen LogP contribution in [0.25, 0.3) is 5.57 Å². The van der Waals surface area contributed by atoms with Crippen LogP contribution in [-0.4, -0.2) is 21.2 Å². The molecule has 0 bridgehead atoms. The predicted molar refractivity (Wildman–Crippen MR) is 148 cm³/mol. The van der Waals surface area contributed by atoms with E-state index in [0.29, 0.717) is 11.5 Å². The van der Waals surface area contributed by atoms with Crippen molar-refractivity contribution in [2.45, 2.75) is 109 Å². The normalized spacial score (nSPS) is 31.9. The zero-order valence-electron chi connectivity index (χ0n) is 22.4. The van der Waals surface area contributed by atoms with Gasteiger partial charge in [-0.3, -0.25) is 0 Å². The van der Waals surface area contributed by atoms with Crippen molar-refractivity contribution in [3.63, 3.8) is 0 Å². The molecule has 0 N–H and O–H groups in total. The largest absolute Gasteiger partial charge is 0.359 e. The van der Waals surface area contributed by atoms with Gasteiger partial charge >= 0.3 is 0 Å². The molecule has 1 saturated carbocycles. The van der Waals surface area contributed by atoms with E-state index in [1.165, 1.54) is 48.1 Å². The Morgan fingerprint density at radius 2 is 1.82 bits per heavy atom. The Hall–Kier alpha value is -1.67. The Kier molecular flexibility index (Phi) is 4.52. The zero-order valence-corrected chi connectivity index (χ0v) is 23.3. The van der Waals surface area contributed by atoms with Crippen LogP contribution in [0.4, 0.5) is 0 Å². The van der Waals surface area contributed by atoms with Crippen molar-refractivity contribution >= 4 is 18.2 Å². The van der Waals surface area contributed by atoms with Gasteiger partial charge in [0.2, 0.25) is 0 Å². The Bertz CT molecular complexity index is 1250. The van der Waals surface area contributed by atoms with Crippen molar-refractivity contribution in [1.29, 1.82) is 0 Å². The summed E-state index contributed by atoms with van der Waals surface area (Å²) in [6.45, 7) is 19.0. The summed E-state index contributed by atoms with van der Waals surface area (Å²) in [4.78, 5) is 2.78. The van der Waals surface area contributed by atoms with Gasteiger partial charge in [0.1, 0.15) is 0 Å². The molecule has 3 atom stereocenters. The first-order chi connectivity index (χ1) is 15.8. The number of allylic oxidation sites excluding steroid dienone is 3. The highest BCUT2D eigenvalue weighted by molar-refractivity contribution is 7.82. The second-order valence-corrected chi connectivity index (χ2v) is 14.3. The molecule has 3 unspecified atom stereocenters. The number of nitrogens with zero attached hydrogens (tertiary/aromatic N) is 1. The number of rotatable bonds is 3. The third kappa shape index (κ3) is 2.81. The van der Waals surface area contributed by atoms with E-state index in [1.54, 1.807) is 27.9 Å². The van der Waals surface area contributed by atoms with Crippen molar-refractivity contribution in [3.05, 3.63) is 75.0 Å². The molecule has 2 aliphatic heterocycles. The Morgan fingerprint density at radius 3 is 2.50 bits per heavy atom. The van der Waals surface area contributed by atoms with Crippen LogP contribution in [0.3, 0.4) is 0 Å². The van der Waals surface area contributed by atoms with E-state index in [0.717, 1.165) is 6.42 Å². The van der Waals surface area contributed by atoms with Crippen LogP contribution in [0, 0.1) is 5.41 Å². The zero-order chi connectivity index (χ0) is 24.4. The summed E-state index contributed by atoms with van der Waals surface area (Å²) in [5.74, 6) is 0. The predicted octanol–water partition coefficient (Wildman–Crippen LogP) is 8.18. The average Bonchev–Trinajstić information content (AvgIpc) is 3.17. The summed E-state index contributed by atoms with van der Waals surface area (Å²) in [5.41, 5.74) is 14.8. The molecule has 0 amide bonds. The monoisotopic (exact) mass is 471 g/mol. The summed E-state index contributed by atoms with van der Waals surface area (Å²) in [7, 11) is 0. The lowest BCUT2D eigenvalue weighted by atomic mass is 9.72.